The van der Waals surface area contributed by atoms with E-state index >= 15 is 0 Å². The van der Waals surface area contributed by atoms with E-state index in [2.05, 4.69) is 5.32 Å². The van der Waals surface area contributed by atoms with Crippen LogP contribution in [0.1, 0.15) is 31.9 Å². The average molecular weight is 442 g/mol. The van der Waals surface area contributed by atoms with Gasteiger partial charge in [-0.25, -0.2) is 9.48 Å². The van der Waals surface area contributed by atoms with Gasteiger partial charge in [0, 0.05) is 17.5 Å². The molecule has 0 aliphatic heterocycles. The number of alkyl carbamates (subject to hydrolysis) is 1. The Kier molecular flexibility index (Phi) is 6.27. The monoisotopic (exact) mass is 441 g/mol. The van der Waals surface area contributed by atoms with Gasteiger partial charge < -0.3 is 10.1 Å². The summed E-state index contributed by atoms with van der Waals surface area (Å²) >= 11 is 0. The highest BCUT2D eigenvalue weighted by molar-refractivity contribution is 5.93. The fourth-order valence-electron chi connectivity index (χ4n) is 3.63. The Hall–Kier alpha value is -3.93. The number of nitrogens with zero attached hydrogens (tertiary/aromatic N) is 2. The number of hydrogen-bond donors (Lipinski definition) is 1. The second-order valence-corrected chi connectivity index (χ2v) is 8.90. The fourth-order valence-corrected chi connectivity index (χ4v) is 3.63. The molecule has 168 valence electrons. The average Bonchev–Trinajstić information content (AvgIpc) is 2.79. The van der Waals surface area contributed by atoms with Gasteiger partial charge in [0.15, 0.2) is 0 Å². The van der Waals surface area contributed by atoms with Crippen LogP contribution >= 0.6 is 0 Å². The molecule has 0 fully saturated rings. The van der Waals surface area contributed by atoms with Gasteiger partial charge >= 0.3 is 6.09 Å². The molecule has 0 radical (unpaired) electrons. The van der Waals surface area contributed by atoms with Crippen LogP contribution in [-0.4, -0.2) is 21.5 Å². The fraction of sp³-hybridized carbons (Fsp3) is 0.222. The zero-order valence-electron chi connectivity index (χ0n) is 19.0. The van der Waals surface area contributed by atoms with Gasteiger partial charge in [0.05, 0.1) is 17.6 Å². The molecule has 6 nitrogen and oxygen atoms in total. The van der Waals surface area contributed by atoms with Crippen LogP contribution in [-0.2, 0) is 17.8 Å². The van der Waals surface area contributed by atoms with Crippen molar-refractivity contribution in [3.05, 3.63) is 100 Å². The lowest BCUT2D eigenvalue weighted by atomic mass is 10.0. The molecule has 1 N–H and O–H groups in total. The van der Waals surface area contributed by atoms with Gasteiger partial charge in [0.2, 0.25) is 0 Å². The minimum Gasteiger partial charge on any atom is -0.444 e. The molecule has 0 atom stereocenters. The van der Waals surface area contributed by atoms with E-state index in [0.717, 1.165) is 27.8 Å². The first-order chi connectivity index (χ1) is 15.8. The van der Waals surface area contributed by atoms with Crippen LogP contribution in [0.15, 0.2) is 83.7 Å². The predicted octanol–water partition coefficient (Wildman–Crippen LogP) is 5.14. The van der Waals surface area contributed by atoms with Crippen LogP contribution in [0.2, 0.25) is 0 Å². The first-order valence-corrected chi connectivity index (χ1v) is 10.9. The molecule has 0 aliphatic rings. The zero-order valence-corrected chi connectivity index (χ0v) is 19.0. The summed E-state index contributed by atoms with van der Waals surface area (Å²) < 4.78 is 6.83. The minimum absolute atomic E-state index is 0.124. The maximum Gasteiger partial charge on any atom is 0.407 e. The van der Waals surface area contributed by atoms with Crippen LogP contribution in [0, 0.1) is 0 Å². The SMILES string of the molecule is CC(C)(C)OC(=O)NCc1cccc(-c2nn(Cc3ccccc3)c(=O)c3ccccc23)c1. The van der Waals surface area contributed by atoms with Crippen molar-refractivity contribution >= 4 is 16.9 Å². The van der Waals surface area contributed by atoms with Crippen LogP contribution in [0.5, 0.6) is 0 Å². The van der Waals surface area contributed by atoms with Gasteiger partial charge in [-0.3, -0.25) is 4.79 Å². The molecule has 4 aromatic rings. The Bertz CT molecular complexity index is 1340. The standard InChI is InChI=1S/C27H27N3O3/c1-27(2,3)33-26(32)28-17-20-12-9-13-21(16-20)24-22-14-7-8-15-23(22)25(31)30(29-24)18-19-10-5-4-6-11-19/h4-16H,17-18H2,1-3H3,(H,28,32). The molecule has 1 heterocycles. The normalized spacial score (nSPS) is 11.4. The molecule has 0 unspecified atom stereocenters. The van der Waals surface area contributed by atoms with Crippen molar-refractivity contribution < 1.29 is 9.53 Å². The summed E-state index contributed by atoms with van der Waals surface area (Å²) in [5.41, 5.74) is 2.83. The van der Waals surface area contributed by atoms with Gasteiger partial charge in [-0.05, 0) is 44.0 Å². The molecule has 0 saturated carbocycles. The number of rotatable bonds is 5. The smallest absolute Gasteiger partial charge is 0.407 e. The van der Waals surface area contributed by atoms with Crippen molar-refractivity contribution in [2.24, 2.45) is 0 Å². The number of nitrogens with one attached hydrogen (secondary N) is 1. The summed E-state index contributed by atoms with van der Waals surface area (Å²) in [7, 11) is 0. The second kappa shape index (κ2) is 9.28. The van der Waals surface area contributed by atoms with Gasteiger partial charge in [-0.15, -0.1) is 0 Å². The third-order valence-electron chi connectivity index (χ3n) is 5.08. The first-order valence-electron chi connectivity index (χ1n) is 10.9. The van der Waals surface area contributed by atoms with E-state index in [1.165, 1.54) is 4.68 Å². The van der Waals surface area contributed by atoms with Gasteiger partial charge in [-0.1, -0.05) is 66.7 Å². The van der Waals surface area contributed by atoms with Crippen LogP contribution in [0.4, 0.5) is 4.79 Å². The molecule has 33 heavy (non-hydrogen) atoms. The number of amides is 1. The maximum atomic E-state index is 13.1. The lowest BCUT2D eigenvalue weighted by molar-refractivity contribution is 0.0523. The van der Waals surface area contributed by atoms with E-state index in [4.69, 9.17) is 9.84 Å². The Morgan fingerprint density at radius 1 is 0.909 bits per heavy atom. The summed E-state index contributed by atoms with van der Waals surface area (Å²) in [4.78, 5) is 25.1. The summed E-state index contributed by atoms with van der Waals surface area (Å²) in [5.74, 6) is 0. The third kappa shape index (κ3) is 5.47. The Morgan fingerprint density at radius 2 is 1.58 bits per heavy atom. The van der Waals surface area contributed by atoms with E-state index in [-0.39, 0.29) is 5.56 Å². The molecule has 3 aromatic carbocycles. The molecule has 0 saturated heterocycles. The van der Waals surface area contributed by atoms with Crippen LogP contribution < -0.4 is 10.9 Å². The van der Waals surface area contributed by atoms with Crippen LogP contribution in [0.25, 0.3) is 22.0 Å². The highest BCUT2D eigenvalue weighted by atomic mass is 16.6. The van der Waals surface area contributed by atoms with Gasteiger partial charge in [0.1, 0.15) is 5.60 Å². The lowest BCUT2D eigenvalue weighted by Gasteiger charge is -2.19. The summed E-state index contributed by atoms with van der Waals surface area (Å²) in [6.07, 6.45) is -0.465. The zero-order chi connectivity index (χ0) is 23.4. The number of ether oxygens (including phenoxy) is 1. The van der Waals surface area contributed by atoms with E-state index in [1.54, 1.807) is 0 Å². The molecule has 0 aliphatic carbocycles. The summed E-state index contributed by atoms with van der Waals surface area (Å²) in [5, 5.41) is 8.95. The maximum absolute atomic E-state index is 13.1. The van der Waals surface area contributed by atoms with Gasteiger partial charge in [-0.2, -0.15) is 5.10 Å². The summed E-state index contributed by atoms with van der Waals surface area (Å²) in [6, 6.07) is 25.1. The van der Waals surface area contributed by atoms with Crippen molar-refractivity contribution in [3.63, 3.8) is 0 Å². The van der Waals surface area contributed by atoms with Crippen molar-refractivity contribution in [1.29, 1.82) is 0 Å². The van der Waals surface area contributed by atoms with Crippen LogP contribution in [0.3, 0.4) is 0 Å². The van der Waals surface area contributed by atoms with E-state index in [9.17, 15) is 9.59 Å². The highest BCUT2D eigenvalue weighted by Gasteiger charge is 2.16. The molecule has 1 amide bonds. The van der Waals surface area contributed by atoms with E-state index < -0.39 is 11.7 Å². The first kappa shape index (κ1) is 22.3. The molecule has 0 spiro atoms. The van der Waals surface area contributed by atoms with Crippen molar-refractivity contribution in [2.75, 3.05) is 0 Å². The molecular weight excluding hydrogens is 414 g/mol. The number of carbonyl (C=O) groups excluding carboxylic acids is 1. The minimum atomic E-state index is -0.554. The molecule has 1 aromatic heterocycles. The predicted molar refractivity (Wildman–Crippen MR) is 130 cm³/mol. The topological polar surface area (TPSA) is 73.2 Å². The van der Waals surface area contributed by atoms with Crippen molar-refractivity contribution in [3.8, 4) is 11.3 Å². The number of fused-ring (bicyclic) bond motifs is 1. The number of benzene rings is 3. The molecule has 4 rings (SSSR count). The second-order valence-electron chi connectivity index (χ2n) is 8.90. The number of hydrogen-bond acceptors (Lipinski definition) is 4. The quantitative estimate of drug-likeness (QED) is 0.466. The van der Waals surface area contributed by atoms with Crippen molar-refractivity contribution in [1.82, 2.24) is 15.1 Å². The molecule has 0 bridgehead atoms. The summed E-state index contributed by atoms with van der Waals surface area (Å²) in [6.45, 7) is 6.19. The molecule has 6 heteroatoms. The third-order valence-corrected chi connectivity index (χ3v) is 5.08. The number of carbonyl (C=O) groups is 1. The Morgan fingerprint density at radius 3 is 2.30 bits per heavy atom. The number of aromatic nitrogens is 2. The molecular formula is C27H27N3O3. The van der Waals surface area contributed by atoms with E-state index in [0.29, 0.717) is 18.5 Å². The largest absolute Gasteiger partial charge is 0.444 e. The Balaban J connectivity index is 1.69. The lowest BCUT2D eigenvalue weighted by Crippen LogP contribution is -2.32. The van der Waals surface area contributed by atoms with E-state index in [1.807, 2.05) is 99.6 Å². The van der Waals surface area contributed by atoms with Gasteiger partial charge in [0.25, 0.3) is 5.56 Å². The van der Waals surface area contributed by atoms with Crippen molar-refractivity contribution in [2.45, 2.75) is 39.5 Å². The Labute approximate surface area is 192 Å². The highest BCUT2D eigenvalue weighted by Crippen LogP contribution is 2.25.